The molecule has 0 aromatic carbocycles. The van der Waals surface area contributed by atoms with Gasteiger partial charge in [-0.15, -0.1) is 0 Å². The van der Waals surface area contributed by atoms with Gasteiger partial charge < -0.3 is 30.2 Å². The Balaban J connectivity index is 3.13. The van der Waals surface area contributed by atoms with Gasteiger partial charge in [-0.05, 0) is 20.8 Å². The summed E-state index contributed by atoms with van der Waals surface area (Å²) in [5.74, 6) is 0. The Kier molecular flexibility index (Phi) is 11.8. The number of carbonyl (C=O) groups is 3. The molecule has 0 bridgehead atoms. The quantitative estimate of drug-likeness (QED) is 0.301. The Morgan fingerprint density at radius 2 is 0.818 bits per heavy atom. The normalized spacial score (nSPS) is 10.3. The second-order valence-electron chi connectivity index (χ2n) is 6.30. The molecule has 0 radical (unpaired) electrons. The standard InChI is InChI=1S/C18H30N6O9/c1-4-19-13(25)31-10-7-22-16(28)23(8-11-32-14(26)20-5-2)18(30)24(17(22)29)9-12-33-15(27)21-6-3/h4-12H2,1-3H3,(H,19,25)(H,20,26)(H,21,27). The van der Waals surface area contributed by atoms with Gasteiger partial charge in [-0.1, -0.05) is 0 Å². The Bertz CT molecular complexity index is 827. The molecule has 0 unspecified atom stereocenters. The smallest absolute Gasteiger partial charge is 0.407 e. The summed E-state index contributed by atoms with van der Waals surface area (Å²) in [7, 11) is 0. The third-order valence-electron chi connectivity index (χ3n) is 3.99. The lowest BCUT2D eigenvalue weighted by Crippen LogP contribution is -2.55. The van der Waals surface area contributed by atoms with Crippen molar-refractivity contribution >= 4 is 18.3 Å². The topological polar surface area (TPSA) is 181 Å². The van der Waals surface area contributed by atoms with Crippen molar-refractivity contribution in [3.8, 4) is 0 Å². The van der Waals surface area contributed by atoms with E-state index in [4.69, 9.17) is 14.2 Å². The van der Waals surface area contributed by atoms with Crippen molar-refractivity contribution in [1.29, 1.82) is 0 Å². The number of carbonyl (C=O) groups excluding carboxylic acids is 3. The lowest BCUT2D eigenvalue weighted by Gasteiger charge is -2.14. The number of amides is 3. The highest BCUT2D eigenvalue weighted by molar-refractivity contribution is 5.67. The average molecular weight is 474 g/mol. The zero-order valence-electron chi connectivity index (χ0n) is 18.9. The second-order valence-corrected chi connectivity index (χ2v) is 6.30. The maximum Gasteiger partial charge on any atom is 0.407 e. The highest BCUT2D eigenvalue weighted by Crippen LogP contribution is 1.86. The number of rotatable bonds is 12. The van der Waals surface area contributed by atoms with Gasteiger partial charge in [0.15, 0.2) is 0 Å². The molecule has 15 heteroatoms. The van der Waals surface area contributed by atoms with Crippen LogP contribution < -0.4 is 33.0 Å². The molecule has 3 amide bonds. The first kappa shape index (κ1) is 27.3. The van der Waals surface area contributed by atoms with E-state index < -0.39 is 35.3 Å². The van der Waals surface area contributed by atoms with Crippen molar-refractivity contribution < 1.29 is 28.6 Å². The first-order valence-electron chi connectivity index (χ1n) is 10.4. The summed E-state index contributed by atoms with van der Waals surface area (Å²) in [6, 6.07) is 0. The number of hydrogen-bond donors (Lipinski definition) is 3. The minimum atomic E-state index is -0.968. The molecule has 1 aromatic rings. The highest BCUT2D eigenvalue weighted by Gasteiger charge is 2.17. The first-order chi connectivity index (χ1) is 15.8. The summed E-state index contributed by atoms with van der Waals surface area (Å²) in [5, 5.41) is 7.18. The zero-order valence-corrected chi connectivity index (χ0v) is 18.9. The first-order valence-corrected chi connectivity index (χ1v) is 10.4. The molecule has 1 rings (SSSR count). The van der Waals surface area contributed by atoms with Crippen LogP contribution in [0.25, 0.3) is 0 Å². The van der Waals surface area contributed by atoms with Crippen molar-refractivity contribution in [2.24, 2.45) is 0 Å². The summed E-state index contributed by atoms with van der Waals surface area (Å²) >= 11 is 0. The SMILES string of the molecule is CCNC(=O)OCCn1c(=O)n(CCOC(=O)NCC)c(=O)n(CCOC(=O)NCC)c1=O. The minimum Gasteiger partial charge on any atom is -0.448 e. The summed E-state index contributed by atoms with van der Waals surface area (Å²) in [6.45, 7) is 4.10. The van der Waals surface area contributed by atoms with Crippen LogP contribution in [0.15, 0.2) is 14.4 Å². The molecule has 0 spiro atoms. The van der Waals surface area contributed by atoms with E-state index in [9.17, 15) is 28.8 Å². The molecule has 0 aliphatic heterocycles. The van der Waals surface area contributed by atoms with Crippen LogP contribution in [0.1, 0.15) is 20.8 Å². The van der Waals surface area contributed by atoms with Crippen molar-refractivity contribution in [3.05, 3.63) is 31.5 Å². The fourth-order valence-corrected chi connectivity index (χ4v) is 2.53. The summed E-state index contributed by atoms with van der Waals surface area (Å²) in [5.41, 5.74) is -2.90. The summed E-state index contributed by atoms with van der Waals surface area (Å²) < 4.78 is 16.8. The molecule has 1 aromatic heterocycles. The molecular weight excluding hydrogens is 444 g/mol. The lowest BCUT2D eigenvalue weighted by atomic mass is 10.5. The highest BCUT2D eigenvalue weighted by atomic mass is 16.6. The van der Waals surface area contributed by atoms with E-state index in [1.54, 1.807) is 20.8 Å². The fourth-order valence-electron chi connectivity index (χ4n) is 2.53. The Morgan fingerprint density at radius 3 is 1.03 bits per heavy atom. The Hall–Kier alpha value is -3.78. The van der Waals surface area contributed by atoms with Gasteiger partial charge in [-0.2, -0.15) is 0 Å². The fraction of sp³-hybridized carbons (Fsp3) is 0.667. The van der Waals surface area contributed by atoms with Gasteiger partial charge in [0.05, 0.1) is 19.6 Å². The van der Waals surface area contributed by atoms with E-state index in [1.807, 2.05) is 0 Å². The molecule has 15 nitrogen and oxygen atoms in total. The van der Waals surface area contributed by atoms with Crippen molar-refractivity contribution in [2.45, 2.75) is 40.4 Å². The van der Waals surface area contributed by atoms with Gasteiger partial charge in [0, 0.05) is 19.6 Å². The van der Waals surface area contributed by atoms with Gasteiger partial charge >= 0.3 is 35.3 Å². The van der Waals surface area contributed by atoms with Crippen molar-refractivity contribution in [2.75, 3.05) is 39.5 Å². The number of nitrogens with zero attached hydrogens (tertiary/aromatic N) is 3. The van der Waals surface area contributed by atoms with Crippen LogP contribution in [0.2, 0.25) is 0 Å². The van der Waals surface area contributed by atoms with Crippen LogP contribution in [0.3, 0.4) is 0 Å². The van der Waals surface area contributed by atoms with Crippen LogP contribution in [-0.2, 0) is 33.8 Å². The molecule has 0 saturated heterocycles. The summed E-state index contributed by atoms with van der Waals surface area (Å²) in [4.78, 5) is 72.5. The number of nitrogens with one attached hydrogen (secondary N) is 3. The molecule has 0 atom stereocenters. The van der Waals surface area contributed by atoms with E-state index in [0.29, 0.717) is 33.3 Å². The molecular formula is C18H30N6O9. The van der Waals surface area contributed by atoms with Crippen LogP contribution in [0.5, 0.6) is 0 Å². The molecule has 33 heavy (non-hydrogen) atoms. The van der Waals surface area contributed by atoms with E-state index >= 15 is 0 Å². The molecule has 0 aliphatic rings. The van der Waals surface area contributed by atoms with Gasteiger partial charge in [0.2, 0.25) is 0 Å². The number of alkyl carbamates (subject to hydrolysis) is 3. The monoisotopic (exact) mass is 474 g/mol. The van der Waals surface area contributed by atoms with Crippen LogP contribution in [0.4, 0.5) is 14.4 Å². The molecule has 0 aliphatic carbocycles. The minimum absolute atomic E-state index is 0.315. The maximum absolute atomic E-state index is 12.7. The van der Waals surface area contributed by atoms with Gasteiger partial charge in [0.25, 0.3) is 0 Å². The van der Waals surface area contributed by atoms with Gasteiger partial charge in [0.1, 0.15) is 19.8 Å². The lowest BCUT2D eigenvalue weighted by molar-refractivity contribution is 0.136. The molecule has 0 saturated carbocycles. The van der Waals surface area contributed by atoms with E-state index in [-0.39, 0.29) is 39.5 Å². The molecule has 186 valence electrons. The predicted molar refractivity (Wildman–Crippen MR) is 114 cm³/mol. The largest absolute Gasteiger partial charge is 0.448 e. The van der Waals surface area contributed by atoms with Crippen LogP contribution in [-0.4, -0.2) is 71.4 Å². The summed E-state index contributed by atoms with van der Waals surface area (Å²) in [6.07, 6.45) is -2.19. The van der Waals surface area contributed by atoms with Gasteiger partial charge in [-0.3, -0.25) is 0 Å². The molecule has 3 N–H and O–H groups in total. The van der Waals surface area contributed by atoms with E-state index in [1.165, 1.54) is 0 Å². The second kappa shape index (κ2) is 14.3. The van der Waals surface area contributed by atoms with Crippen molar-refractivity contribution in [1.82, 2.24) is 29.7 Å². The molecule has 0 fully saturated rings. The molecule has 1 heterocycles. The van der Waals surface area contributed by atoms with Crippen LogP contribution in [0, 0.1) is 0 Å². The van der Waals surface area contributed by atoms with E-state index in [2.05, 4.69) is 16.0 Å². The average Bonchev–Trinajstić information content (AvgIpc) is 2.76. The van der Waals surface area contributed by atoms with Crippen molar-refractivity contribution in [3.63, 3.8) is 0 Å². The third-order valence-corrected chi connectivity index (χ3v) is 3.99. The van der Waals surface area contributed by atoms with Crippen LogP contribution >= 0.6 is 0 Å². The zero-order chi connectivity index (χ0) is 24.8. The van der Waals surface area contributed by atoms with E-state index in [0.717, 1.165) is 0 Å². The third kappa shape index (κ3) is 8.70. The number of aromatic nitrogens is 3. The Labute approximate surface area is 188 Å². The van der Waals surface area contributed by atoms with Gasteiger partial charge in [-0.25, -0.2) is 42.5 Å². The number of ether oxygens (including phenoxy) is 3. The number of hydrogen-bond acceptors (Lipinski definition) is 9. The maximum atomic E-state index is 12.7. The predicted octanol–water partition coefficient (Wildman–Crippen LogP) is -1.59. The Morgan fingerprint density at radius 1 is 0.576 bits per heavy atom.